The van der Waals surface area contributed by atoms with Crippen molar-refractivity contribution < 1.29 is 24.4 Å². The van der Waals surface area contributed by atoms with E-state index in [4.69, 9.17) is 24.4 Å². The molecule has 0 aliphatic carbocycles. The maximum Gasteiger partial charge on any atom is 0.0697 e. The predicted molar refractivity (Wildman–Crippen MR) is 92.8 cm³/mol. The standard InChI is InChI=1S/C18H38O5/c19-11-17-22-15-9-5-1-3-7-13-21-14-8-4-2-6-10-16-23-18-12-20/h19-20H,1-18H2. The van der Waals surface area contributed by atoms with Crippen LogP contribution < -0.4 is 0 Å². The highest BCUT2D eigenvalue weighted by molar-refractivity contribution is 4.46. The van der Waals surface area contributed by atoms with Crippen LogP contribution in [-0.4, -0.2) is 63.1 Å². The first-order valence-electron chi connectivity index (χ1n) is 9.36. The number of ether oxygens (including phenoxy) is 3. The second-order valence-electron chi connectivity index (χ2n) is 5.82. The molecule has 5 nitrogen and oxygen atoms in total. The number of hydrogen-bond donors (Lipinski definition) is 2. The van der Waals surface area contributed by atoms with Crippen LogP contribution in [0.1, 0.15) is 64.2 Å². The number of aliphatic hydroxyl groups is 2. The molecule has 23 heavy (non-hydrogen) atoms. The Morgan fingerprint density at radius 2 is 0.609 bits per heavy atom. The summed E-state index contributed by atoms with van der Waals surface area (Å²) in [5.74, 6) is 0. The van der Waals surface area contributed by atoms with Gasteiger partial charge in [0.2, 0.25) is 0 Å². The molecule has 0 radical (unpaired) electrons. The molecule has 0 atom stereocenters. The number of aliphatic hydroxyl groups excluding tert-OH is 2. The summed E-state index contributed by atoms with van der Waals surface area (Å²) in [6.07, 6.45) is 11.8. The summed E-state index contributed by atoms with van der Waals surface area (Å²) in [6.45, 7) is 4.48. The molecular weight excluding hydrogens is 296 g/mol. The van der Waals surface area contributed by atoms with Crippen molar-refractivity contribution in [2.75, 3.05) is 52.9 Å². The third-order valence-corrected chi connectivity index (χ3v) is 3.63. The van der Waals surface area contributed by atoms with Gasteiger partial charge in [-0.1, -0.05) is 38.5 Å². The van der Waals surface area contributed by atoms with Gasteiger partial charge >= 0.3 is 0 Å². The van der Waals surface area contributed by atoms with Gasteiger partial charge in [-0.25, -0.2) is 0 Å². The van der Waals surface area contributed by atoms with Gasteiger partial charge in [0, 0.05) is 26.4 Å². The average Bonchev–Trinajstić information content (AvgIpc) is 2.57. The third kappa shape index (κ3) is 21.8. The molecule has 0 bridgehead atoms. The second kappa shape index (κ2) is 21.8. The first kappa shape index (κ1) is 22.8. The van der Waals surface area contributed by atoms with Crippen LogP contribution >= 0.6 is 0 Å². The van der Waals surface area contributed by atoms with Gasteiger partial charge < -0.3 is 24.4 Å². The smallest absolute Gasteiger partial charge is 0.0697 e. The van der Waals surface area contributed by atoms with Crippen molar-refractivity contribution in [3.8, 4) is 0 Å². The molecule has 0 amide bonds. The normalized spacial score (nSPS) is 11.2. The van der Waals surface area contributed by atoms with Crippen molar-refractivity contribution in [2.24, 2.45) is 0 Å². The molecule has 0 aromatic carbocycles. The van der Waals surface area contributed by atoms with Gasteiger partial charge in [0.25, 0.3) is 0 Å². The van der Waals surface area contributed by atoms with Gasteiger partial charge in [-0.3, -0.25) is 0 Å². The van der Waals surface area contributed by atoms with E-state index in [1.54, 1.807) is 0 Å². The summed E-state index contributed by atoms with van der Waals surface area (Å²) in [5, 5.41) is 17.1. The summed E-state index contributed by atoms with van der Waals surface area (Å²) in [5.41, 5.74) is 0. The maximum atomic E-state index is 8.56. The summed E-state index contributed by atoms with van der Waals surface area (Å²) in [6, 6.07) is 0. The van der Waals surface area contributed by atoms with Gasteiger partial charge in [-0.2, -0.15) is 0 Å². The highest BCUT2D eigenvalue weighted by Crippen LogP contribution is 2.05. The molecule has 0 heterocycles. The van der Waals surface area contributed by atoms with Crippen LogP contribution in [-0.2, 0) is 14.2 Å². The maximum absolute atomic E-state index is 8.56. The zero-order valence-electron chi connectivity index (χ0n) is 14.8. The van der Waals surface area contributed by atoms with Crippen LogP contribution in [0.15, 0.2) is 0 Å². The molecule has 0 saturated heterocycles. The average molecular weight is 334 g/mol. The summed E-state index contributed by atoms with van der Waals surface area (Å²) < 4.78 is 16.1. The summed E-state index contributed by atoms with van der Waals surface area (Å²) >= 11 is 0. The molecule has 0 unspecified atom stereocenters. The molecule has 0 aliphatic rings. The SMILES string of the molecule is OCCOCCCCCCCOCCCCCCCOCCO. The van der Waals surface area contributed by atoms with Crippen LogP contribution in [0.4, 0.5) is 0 Å². The molecule has 0 aliphatic heterocycles. The van der Waals surface area contributed by atoms with E-state index in [-0.39, 0.29) is 13.2 Å². The van der Waals surface area contributed by atoms with E-state index in [1.165, 1.54) is 38.5 Å². The topological polar surface area (TPSA) is 68.2 Å². The Balaban J connectivity index is 2.92. The van der Waals surface area contributed by atoms with Crippen molar-refractivity contribution in [3.63, 3.8) is 0 Å². The fourth-order valence-corrected chi connectivity index (χ4v) is 2.31. The molecule has 0 aromatic heterocycles. The molecule has 2 N–H and O–H groups in total. The Labute approximate surface area is 142 Å². The second-order valence-corrected chi connectivity index (χ2v) is 5.82. The lowest BCUT2D eigenvalue weighted by Crippen LogP contribution is -2.01. The highest BCUT2D eigenvalue weighted by Gasteiger charge is 1.94. The Morgan fingerprint density at radius 1 is 0.348 bits per heavy atom. The van der Waals surface area contributed by atoms with Crippen LogP contribution in [0.25, 0.3) is 0 Å². The van der Waals surface area contributed by atoms with E-state index in [9.17, 15) is 0 Å². The summed E-state index contributed by atoms with van der Waals surface area (Å²) in [4.78, 5) is 0. The van der Waals surface area contributed by atoms with E-state index in [0.717, 1.165) is 52.1 Å². The molecule has 0 saturated carbocycles. The highest BCUT2D eigenvalue weighted by atomic mass is 16.5. The zero-order chi connectivity index (χ0) is 16.8. The molecule has 140 valence electrons. The minimum absolute atomic E-state index is 0.121. The Hall–Kier alpha value is -0.200. The lowest BCUT2D eigenvalue weighted by molar-refractivity contribution is 0.0888. The van der Waals surface area contributed by atoms with Gasteiger partial charge in [0.15, 0.2) is 0 Å². The number of rotatable bonds is 20. The van der Waals surface area contributed by atoms with Crippen LogP contribution in [0.3, 0.4) is 0 Å². The van der Waals surface area contributed by atoms with Crippen molar-refractivity contribution in [2.45, 2.75) is 64.2 Å². The molecule has 0 fully saturated rings. The predicted octanol–water partition coefficient (Wildman–Crippen LogP) is 2.92. The van der Waals surface area contributed by atoms with Gasteiger partial charge in [0.05, 0.1) is 26.4 Å². The molecule has 0 aromatic rings. The Morgan fingerprint density at radius 3 is 0.913 bits per heavy atom. The van der Waals surface area contributed by atoms with E-state index in [1.807, 2.05) is 0 Å². The minimum atomic E-state index is 0.121. The minimum Gasteiger partial charge on any atom is -0.394 e. The van der Waals surface area contributed by atoms with Crippen molar-refractivity contribution in [3.05, 3.63) is 0 Å². The summed E-state index contributed by atoms with van der Waals surface area (Å²) in [7, 11) is 0. The lowest BCUT2D eigenvalue weighted by atomic mass is 10.1. The van der Waals surface area contributed by atoms with Crippen molar-refractivity contribution >= 4 is 0 Å². The lowest BCUT2D eigenvalue weighted by Gasteiger charge is -2.05. The molecule has 0 rings (SSSR count). The van der Waals surface area contributed by atoms with E-state index in [0.29, 0.717) is 13.2 Å². The largest absolute Gasteiger partial charge is 0.394 e. The molecule has 0 spiro atoms. The van der Waals surface area contributed by atoms with Gasteiger partial charge in [-0.15, -0.1) is 0 Å². The first-order chi connectivity index (χ1) is 11.4. The Kier molecular flexibility index (Phi) is 21.6. The fourth-order valence-electron chi connectivity index (χ4n) is 2.31. The van der Waals surface area contributed by atoms with Gasteiger partial charge in [0.1, 0.15) is 0 Å². The van der Waals surface area contributed by atoms with Crippen molar-refractivity contribution in [1.29, 1.82) is 0 Å². The molecular formula is C18H38O5. The van der Waals surface area contributed by atoms with E-state index in [2.05, 4.69) is 0 Å². The quantitative estimate of drug-likeness (QED) is 0.335. The first-order valence-corrected chi connectivity index (χ1v) is 9.36. The van der Waals surface area contributed by atoms with E-state index >= 15 is 0 Å². The zero-order valence-corrected chi connectivity index (χ0v) is 14.8. The third-order valence-electron chi connectivity index (χ3n) is 3.63. The van der Waals surface area contributed by atoms with Crippen LogP contribution in [0.5, 0.6) is 0 Å². The van der Waals surface area contributed by atoms with Crippen molar-refractivity contribution in [1.82, 2.24) is 0 Å². The number of unbranched alkanes of at least 4 members (excludes halogenated alkanes) is 8. The molecule has 5 heteroatoms. The van der Waals surface area contributed by atoms with Crippen LogP contribution in [0.2, 0.25) is 0 Å². The van der Waals surface area contributed by atoms with E-state index < -0.39 is 0 Å². The van der Waals surface area contributed by atoms with Gasteiger partial charge in [-0.05, 0) is 25.7 Å². The van der Waals surface area contributed by atoms with Crippen LogP contribution in [0, 0.1) is 0 Å². The fraction of sp³-hybridized carbons (Fsp3) is 1.00. The number of hydrogen-bond acceptors (Lipinski definition) is 5. The Bertz CT molecular complexity index is 182. The monoisotopic (exact) mass is 334 g/mol.